The van der Waals surface area contributed by atoms with E-state index < -0.39 is 0 Å². The Morgan fingerprint density at radius 3 is 2.84 bits per heavy atom. The third-order valence-corrected chi connectivity index (χ3v) is 4.12. The van der Waals surface area contributed by atoms with E-state index in [4.69, 9.17) is 0 Å². The molecule has 4 heteroatoms. The summed E-state index contributed by atoms with van der Waals surface area (Å²) in [6.45, 7) is 7.82. The second-order valence-electron chi connectivity index (χ2n) is 5.08. The van der Waals surface area contributed by atoms with E-state index in [1.807, 2.05) is 30.0 Å². The number of fused-ring (bicyclic) bond motifs is 1. The SMILES string of the molecule is CCCNC(C)CC(C)Sc1nc2ccccc2[nH]1. The fourth-order valence-electron chi connectivity index (χ4n) is 2.20. The zero-order valence-corrected chi connectivity index (χ0v) is 12.8. The first-order chi connectivity index (χ1) is 9.19. The monoisotopic (exact) mass is 277 g/mol. The molecule has 0 aliphatic rings. The zero-order valence-electron chi connectivity index (χ0n) is 11.9. The van der Waals surface area contributed by atoms with Crippen LogP contribution in [0.3, 0.4) is 0 Å². The molecule has 2 aromatic rings. The number of thioether (sulfide) groups is 1. The highest BCUT2D eigenvalue weighted by Gasteiger charge is 2.12. The molecule has 19 heavy (non-hydrogen) atoms. The van der Waals surface area contributed by atoms with E-state index >= 15 is 0 Å². The number of para-hydroxylation sites is 2. The minimum absolute atomic E-state index is 0.555. The van der Waals surface area contributed by atoms with Crippen molar-refractivity contribution in [1.82, 2.24) is 15.3 Å². The lowest BCUT2D eigenvalue weighted by molar-refractivity contribution is 0.513. The molecule has 0 bridgehead atoms. The molecule has 2 atom stereocenters. The number of H-pyrrole nitrogens is 1. The predicted octanol–water partition coefficient (Wildman–Crippen LogP) is 3.82. The van der Waals surface area contributed by atoms with Crippen LogP contribution in [0.4, 0.5) is 0 Å². The summed E-state index contributed by atoms with van der Waals surface area (Å²) in [6.07, 6.45) is 2.34. The van der Waals surface area contributed by atoms with Gasteiger partial charge in [-0.05, 0) is 38.4 Å². The first kappa shape index (κ1) is 14.4. The normalized spacial score (nSPS) is 14.7. The Bertz CT molecular complexity index is 476. The molecule has 0 radical (unpaired) electrons. The lowest BCUT2D eigenvalue weighted by Gasteiger charge is -2.17. The third-order valence-electron chi connectivity index (χ3n) is 3.11. The van der Waals surface area contributed by atoms with Gasteiger partial charge in [-0.3, -0.25) is 0 Å². The molecule has 0 aliphatic carbocycles. The number of imidazole rings is 1. The van der Waals surface area contributed by atoms with Crippen molar-refractivity contribution in [3.63, 3.8) is 0 Å². The van der Waals surface area contributed by atoms with Crippen molar-refractivity contribution in [3.8, 4) is 0 Å². The van der Waals surface area contributed by atoms with Crippen LogP contribution in [0.1, 0.15) is 33.6 Å². The second-order valence-corrected chi connectivity index (χ2v) is 6.51. The Hall–Kier alpha value is -1.00. The highest BCUT2D eigenvalue weighted by molar-refractivity contribution is 7.99. The maximum atomic E-state index is 4.61. The van der Waals surface area contributed by atoms with Gasteiger partial charge < -0.3 is 10.3 Å². The summed E-state index contributed by atoms with van der Waals surface area (Å²) in [5, 5.41) is 5.11. The third kappa shape index (κ3) is 4.25. The van der Waals surface area contributed by atoms with Crippen LogP contribution in [0.25, 0.3) is 11.0 Å². The van der Waals surface area contributed by atoms with Gasteiger partial charge in [-0.25, -0.2) is 4.98 Å². The summed E-state index contributed by atoms with van der Waals surface area (Å²) < 4.78 is 0. The van der Waals surface area contributed by atoms with Crippen molar-refractivity contribution < 1.29 is 0 Å². The molecule has 0 amide bonds. The van der Waals surface area contributed by atoms with Gasteiger partial charge in [0.15, 0.2) is 5.16 Å². The van der Waals surface area contributed by atoms with E-state index in [1.165, 1.54) is 6.42 Å². The smallest absolute Gasteiger partial charge is 0.166 e. The van der Waals surface area contributed by atoms with Crippen LogP contribution in [-0.2, 0) is 0 Å². The number of nitrogens with zero attached hydrogens (tertiary/aromatic N) is 1. The second kappa shape index (κ2) is 6.96. The number of nitrogens with one attached hydrogen (secondary N) is 2. The van der Waals surface area contributed by atoms with E-state index in [-0.39, 0.29) is 0 Å². The largest absolute Gasteiger partial charge is 0.333 e. The number of hydrogen-bond donors (Lipinski definition) is 2. The molecule has 0 saturated heterocycles. The summed E-state index contributed by atoms with van der Waals surface area (Å²) in [5.41, 5.74) is 2.17. The van der Waals surface area contributed by atoms with Crippen LogP contribution in [0, 0.1) is 0 Å². The fraction of sp³-hybridized carbons (Fsp3) is 0.533. The molecule has 1 heterocycles. The molecule has 0 fully saturated rings. The van der Waals surface area contributed by atoms with Gasteiger partial charge in [0, 0.05) is 11.3 Å². The summed E-state index contributed by atoms with van der Waals surface area (Å²) in [7, 11) is 0. The van der Waals surface area contributed by atoms with Gasteiger partial charge in [-0.1, -0.05) is 37.7 Å². The summed E-state index contributed by atoms with van der Waals surface area (Å²) in [5.74, 6) is 0. The van der Waals surface area contributed by atoms with Crippen LogP contribution < -0.4 is 5.32 Å². The molecule has 2 unspecified atom stereocenters. The van der Waals surface area contributed by atoms with Crippen molar-refractivity contribution in [3.05, 3.63) is 24.3 Å². The van der Waals surface area contributed by atoms with Crippen molar-refractivity contribution >= 4 is 22.8 Å². The van der Waals surface area contributed by atoms with Crippen LogP contribution in [0.15, 0.2) is 29.4 Å². The predicted molar refractivity (Wildman–Crippen MR) is 83.8 cm³/mol. The summed E-state index contributed by atoms with van der Waals surface area (Å²) >= 11 is 1.82. The maximum absolute atomic E-state index is 4.61. The van der Waals surface area contributed by atoms with Gasteiger partial charge in [-0.2, -0.15) is 0 Å². The van der Waals surface area contributed by atoms with Crippen molar-refractivity contribution in [1.29, 1.82) is 0 Å². The number of aromatic nitrogens is 2. The molecule has 2 rings (SSSR count). The number of rotatable bonds is 7. The molecule has 0 spiro atoms. The van der Waals surface area contributed by atoms with Crippen LogP contribution in [-0.4, -0.2) is 27.8 Å². The number of hydrogen-bond acceptors (Lipinski definition) is 3. The van der Waals surface area contributed by atoms with Crippen LogP contribution >= 0.6 is 11.8 Å². The minimum Gasteiger partial charge on any atom is -0.333 e. The Morgan fingerprint density at radius 1 is 1.32 bits per heavy atom. The van der Waals surface area contributed by atoms with E-state index in [9.17, 15) is 0 Å². The first-order valence-electron chi connectivity index (χ1n) is 7.03. The summed E-state index contributed by atoms with van der Waals surface area (Å²) in [6, 6.07) is 8.74. The molecule has 3 nitrogen and oxygen atoms in total. The van der Waals surface area contributed by atoms with Gasteiger partial charge in [0.25, 0.3) is 0 Å². The van der Waals surface area contributed by atoms with Gasteiger partial charge in [0.2, 0.25) is 0 Å². The molecule has 2 N–H and O–H groups in total. The van der Waals surface area contributed by atoms with Crippen LogP contribution in [0.2, 0.25) is 0 Å². The van der Waals surface area contributed by atoms with Gasteiger partial charge in [-0.15, -0.1) is 0 Å². The van der Waals surface area contributed by atoms with E-state index in [1.54, 1.807) is 0 Å². The Labute approximate surface area is 119 Å². The van der Waals surface area contributed by atoms with Gasteiger partial charge in [0.1, 0.15) is 0 Å². The van der Waals surface area contributed by atoms with E-state index in [0.29, 0.717) is 11.3 Å². The minimum atomic E-state index is 0.555. The Balaban J connectivity index is 1.89. The molecule has 1 aromatic carbocycles. The highest BCUT2D eigenvalue weighted by atomic mass is 32.2. The molecule has 104 valence electrons. The molecule has 0 aliphatic heterocycles. The first-order valence-corrected chi connectivity index (χ1v) is 7.91. The van der Waals surface area contributed by atoms with Crippen LogP contribution in [0.5, 0.6) is 0 Å². The highest BCUT2D eigenvalue weighted by Crippen LogP contribution is 2.25. The van der Waals surface area contributed by atoms with Crippen molar-refractivity contribution in [2.75, 3.05) is 6.54 Å². The van der Waals surface area contributed by atoms with E-state index in [2.05, 4.69) is 42.1 Å². The van der Waals surface area contributed by atoms with E-state index in [0.717, 1.165) is 29.2 Å². The number of aromatic amines is 1. The average Bonchev–Trinajstić information content (AvgIpc) is 2.78. The Kier molecular flexibility index (Phi) is 5.28. The Morgan fingerprint density at radius 2 is 2.11 bits per heavy atom. The van der Waals surface area contributed by atoms with Crippen molar-refractivity contribution in [2.45, 2.75) is 50.1 Å². The van der Waals surface area contributed by atoms with Crippen molar-refractivity contribution in [2.24, 2.45) is 0 Å². The average molecular weight is 277 g/mol. The van der Waals surface area contributed by atoms with Gasteiger partial charge >= 0.3 is 0 Å². The topological polar surface area (TPSA) is 40.7 Å². The maximum Gasteiger partial charge on any atom is 0.166 e. The van der Waals surface area contributed by atoms with Gasteiger partial charge in [0.05, 0.1) is 11.0 Å². The number of benzene rings is 1. The quantitative estimate of drug-likeness (QED) is 0.756. The lowest BCUT2D eigenvalue weighted by Crippen LogP contribution is -2.29. The summed E-state index contributed by atoms with van der Waals surface area (Å²) in [4.78, 5) is 7.98. The lowest BCUT2D eigenvalue weighted by atomic mass is 10.2. The molecule has 1 aromatic heterocycles. The molecule has 0 saturated carbocycles. The molecular formula is C15H23N3S. The zero-order chi connectivity index (χ0) is 13.7. The standard InChI is InChI=1S/C15H23N3S/c1-4-9-16-11(2)10-12(3)19-15-17-13-7-5-6-8-14(13)18-15/h5-8,11-12,16H,4,9-10H2,1-3H3,(H,17,18). The molecular weight excluding hydrogens is 254 g/mol. The fourth-order valence-corrected chi connectivity index (χ4v) is 3.28.